The molecular formula is C10H14ClF3N4. The summed E-state index contributed by atoms with van der Waals surface area (Å²) in [7, 11) is 0. The number of hydrogen-bond acceptors (Lipinski definition) is 4. The topological polar surface area (TPSA) is 77.8 Å². The molecule has 1 aromatic heterocycles. The van der Waals surface area contributed by atoms with Crippen LogP contribution in [0.1, 0.15) is 30.7 Å². The van der Waals surface area contributed by atoms with E-state index >= 15 is 0 Å². The maximum absolute atomic E-state index is 12.3. The molecule has 2 rings (SSSR count). The lowest BCUT2D eigenvalue weighted by Crippen LogP contribution is -2.49. The third-order valence-electron chi connectivity index (χ3n) is 3.19. The summed E-state index contributed by atoms with van der Waals surface area (Å²) in [6.45, 7) is 0. The summed E-state index contributed by atoms with van der Waals surface area (Å²) in [5, 5.41) is 0. The van der Waals surface area contributed by atoms with Crippen LogP contribution in [0.3, 0.4) is 0 Å². The first-order chi connectivity index (χ1) is 7.84. The normalized spacial score (nSPS) is 27.9. The summed E-state index contributed by atoms with van der Waals surface area (Å²) < 4.78 is 36.9. The maximum Gasteiger partial charge on any atom is 0.434 e. The second-order valence-electron chi connectivity index (χ2n) is 4.32. The number of rotatable bonds is 1. The fourth-order valence-corrected chi connectivity index (χ4v) is 2.09. The molecule has 0 aromatic carbocycles. The molecule has 1 aromatic rings. The Morgan fingerprint density at radius 3 is 2.33 bits per heavy atom. The molecule has 8 heteroatoms. The third kappa shape index (κ3) is 2.57. The van der Waals surface area contributed by atoms with Crippen molar-refractivity contribution in [3.63, 3.8) is 0 Å². The van der Waals surface area contributed by atoms with Gasteiger partial charge in [0.05, 0.1) is 23.6 Å². The summed E-state index contributed by atoms with van der Waals surface area (Å²) in [5.41, 5.74) is 10.4. The molecule has 0 radical (unpaired) electrons. The van der Waals surface area contributed by atoms with E-state index in [4.69, 9.17) is 11.5 Å². The lowest BCUT2D eigenvalue weighted by molar-refractivity contribution is -0.141. The van der Waals surface area contributed by atoms with E-state index in [1.54, 1.807) is 0 Å². The van der Waals surface area contributed by atoms with Gasteiger partial charge in [-0.3, -0.25) is 4.98 Å². The first kappa shape index (κ1) is 15.1. The molecule has 0 bridgehead atoms. The summed E-state index contributed by atoms with van der Waals surface area (Å²) in [5.74, 6) is 0. The van der Waals surface area contributed by atoms with Gasteiger partial charge in [-0.25, -0.2) is 4.98 Å². The van der Waals surface area contributed by atoms with Crippen molar-refractivity contribution in [3.05, 3.63) is 23.8 Å². The minimum absolute atomic E-state index is 0. The second kappa shape index (κ2) is 4.99. The first-order valence-electron chi connectivity index (χ1n) is 5.28. The van der Waals surface area contributed by atoms with Crippen molar-refractivity contribution in [3.8, 4) is 0 Å². The number of alkyl halides is 3. The zero-order valence-electron chi connectivity index (χ0n) is 9.44. The number of nitrogens with zero attached hydrogens (tertiary/aromatic N) is 2. The highest BCUT2D eigenvalue weighted by Gasteiger charge is 2.41. The van der Waals surface area contributed by atoms with Crippen LogP contribution < -0.4 is 11.5 Å². The largest absolute Gasteiger partial charge is 0.434 e. The van der Waals surface area contributed by atoms with Gasteiger partial charge in [0.15, 0.2) is 5.69 Å². The zero-order valence-corrected chi connectivity index (χ0v) is 10.3. The highest BCUT2D eigenvalue weighted by molar-refractivity contribution is 5.85. The van der Waals surface area contributed by atoms with Gasteiger partial charge in [0.1, 0.15) is 0 Å². The van der Waals surface area contributed by atoms with Crippen LogP contribution in [-0.2, 0) is 11.7 Å². The molecule has 1 heterocycles. The summed E-state index contributed by atoms with van der Waals surface area (Å²) in [4.78, 5) is 7.11. The molecule has 0 amide bonds. The number of aromatic nitrogens is 2. The molecular weight excluding hydrogens is 269 g/mol. The SMILES string of the molecule is Cl.NC1CCCC1(N)c1cnc(C(F)(F)F)cn1. The van der Waals surface area contributed by atoms with Gasteiger partial charge in [-0.1, -0.05) is 0 Å². The van der Waals surface area contributed by atoms with E-state index in [0.29, 0.717) is 18.3 Å². The Morgan fingerprint density at radius 1 is 1.28 bits per heavy atom. The Bertz CT molecular complexity index is 409. The predicted octanol–water partition coefficient (Wildman–Crippen LogP) is 1.58. The van der Waals surface area contributed by atoms with Crippen molar-refractivity contribution in [1.29, 1.82) is 0 Å². The molecule has 18 heavy (non-hydrogen) atoms. The van der Waals surface area contributed by atoms with Crippen LogP contribution in [0, 0.1) is 0 Å². The highest BCUT2D eigenvalue weighted by atomic mass is 35.5. The third-order valence-corrected chi connectivity index (χ3v) is 3.19. The van der Waals surface area contributed by atoms with Gasteiger partial charge in [-0.05, 0) is 19.3 Å². The highest BCUT2D eigenvalue weighted by Crippen LogP contribution is 2.35. The van der Waals surface area contributed by atoms with Gasteiger partial charge >= 0.3 is 6.18 Å². The van der Waals surface area contributed by atoms with Crippen molar-refractivity contribution in [2.24, 2.45) is 11.5 Å². The maximum atomic E-state index is 12.3. The summed E-state index contributed by atoms with van der Waals surface area (Å²) in [6.07, 6.45) is -0.484. The van der Waals surface area contributed by atoms with Crippen LogP contribution >= 0.6 is 12.4 Å². The minimum atomic E-state index is -4.48. The fraction of sp³-hybridized carbons (Fsp3) is 0.600. The summed E-state index contributed by atoms with van der Waals surface area (Å²) >= 11 is 0. The van der Waals surface area contributed by atoms with Gasteiger partial charge in [0, 0.05) is 6.04 Å². The van der Waals surface area contributed by atoms with E-state index in [1.165, 1.54) is 0 Å². The molecule has 1 aliphatic rings. The van der Waals surface area contributed by atoms with Crippen LogP contribution in [-0.4, -0.2) is 16.0 Å². The molecule has 1 aliphatic carbocycles. The lowest BCUT2D eigenvalue weighted by Gasteiger charge is -2.27. The number of halogens is 4. The van der Waals surface area contributed by atoms with Gasteiger partial charge in [0.2, 0.25) is 0 Å². The Morgan fingerprint density at radius 2 is 1.94 bits per heavy atom. The molecule has 0 spiro atoms. The van der Waals surface area contributed by atoms with E-state index in [0.717, 1.165) is 19.0 Å². The molecule has 2 unspecified atom stereocenters. The molecule has 4 N–H and O–H groups in total. The van der Waals surface area contributed by atoms with Gasteiger partial charge in [-0.15, -0.1) is 12.4 Å². The molecule has 0 saturated heterocycles. The Balaban J connectivity index is 0.00000162. The Labute approximate surface area is 108 Å². The molecule has 1 fully saturated rings. The van der Waals surface area contributed by atoms with Crippen molar-refractivity contribution < 1.29 is 13.2 Å². The Kier molecular flexibility index (Phi) is 4.19. The van der Waals surface area contributed by atoms with Crippen LogP contribution in [0.25, 0.3) is 0 Å². The van der Waals surface area contributed by atoms with Crippen molar-refractivity contribution in [2.75, 3.05) is 0 Å². The van der Waals surface area contributed by atoms with E-state index in [1.807, 2.05) is 0 Å². The predicted molar refractivity (Wildman–Crippen MR) is 62.0 cm³/mol. The lowest BCUT2D eigenvalue weighted by atomic mass is 9.91. The van der Waals surface area contributed by atoms with Gasteiger partial charge in [0.25, 0.3) is 0 Å². The smallest absolute Gasteiger partial charge is 0.326 e. The van der Waals surface area contributed by atoms with Crippen LogP contribution in [0.2, 0.25) is 0 Å². The van der Waals surface area contributed by atoms with Crippen LogP contribution in [0.15, 0.2) is 12.4 Å². The van der Waals surface area contributed by atoms with Gasteiger partial charge in [-0.2, -0.15) is 13.2 Å². The fourth-order valence-electron chi connectivity index (χ4n) is 2.09. The standard InChI is InChI=1S/C10H13F3N4.ClH/c11-10(12,13)8-5-16-7(4-17-8)9(15)3-1-2-6(9)14;/h4-6H,1-3,14-15H2;1H. The summed E-state index contributed by atoms with van der Waals surface area (Å²) in [6, 6.07) is -0.284. The number of nitrogens with two attached hydrogens (primary N) is 2. The molecule has 4 nitrogen and oxygen atoms in total. The van der Waals surface area contributed by atoms with Crippen LogP contribution in [0.4, 0.5) is 13.2 Å². The average Bonchev–Trinajstić information content (AvgIpc) is 2.60. The van der Waals surface area contributed by atoms with Crippen molar-refractivity contribution in [1.82, 2.24) is 9.97 Å². The van der Waals surface area contributed by atoms with Crippen molar-refractivity contribution >= 4 is 12.4 Å². The quantitative estimate of drug-likeness (QED) is 0.820. The van der Waals surface area contributed by atoms with Crippen LogP contribution in [0.5, 0.6) is 0 Å². The monoisotopic (exact) mass is 282 g/mol. The van der Waals surface area contributed by atoms with E-state index in [-0.39, 0.29) is 18.4 Å². The van der Waals surface area contributed by atoms with Gasteiger partial charge < -0.3 is 11.5 Å². The molecule has 102 valence electrons. The molecule has 0 aliphatic heterocycles. The minimum Gasteiger partial charge on any atom is -0.326 e. The molecule has 1 saturated carbocycles. The van der Waals surface area contributed by atoms with E-state index < -0.39 is 17.4 Å². The Hall–Kier alpha value is -0.920. The average molecular weight is 283 g/mol. The van der Waals surface area contributed by atoms with E-state index in [2.05, 4.69) is 9.97 Å². The van der Waals surface area contributed by atoms with E-state index in [9.17, 15) is 13.2 Å². The number of hydrogen-bond donors (Lipinski definition) is 2. The zero-order chi connectivity index (χ0) is 12.7. The molecule has 2 atom stereocenters. The first-order valence-corrected chi connectivity index (χ1v) is 5.28. The van der Waals surface area contributed by atoms with Crippen molar-refractivity contribution in [2.45, 2.75) is 37.0 Å². The second-order valence-corrected chi connectivity index (χ2v) is 4.32.